The van der Waals surface area contributed by atoms with Gasteiger partial charge in [-0.15, -0.1) is 0 Å². The highest BCUT2D eigenvalue weighted by molar-refractivity contribution is 7.89. The second-order valence-electron chi connectivity index (χ2n) is 5.12. The Bertz CT molecular complexity index is 587. The van der Waals surface area contributed by atoms with Crippen molar-refractivity contribution < 1.29 is 17.9 Å². The van der Waals surface area contributed by atoms with Crippen LogP contribution in [0.4, 0.5) is 10.1 Å². The van der Waals surface area contributed by atoms with E-state index in [0.29, 0.717) is 19.4 Å². The van der Waals surface area contributed by atoms with Crippen molar-refractivity contribution in [2.45, 2.75) is 30.3 Å². The molecule has 0 amide bonds. The van der Waals surface area contributed by atoms with Gasteiger partial charge in [0.15, 0.2) is 0 Å². The maximum Gasteiger partial charge on any atom is 0.245 e. The van der Waals surface area contributed by atoms with E-state index in [1.807, 2.05) is 0 Å². The van der Waals surface area contributed by atoms with Crippen molar-refractivity contribution >= 4 is 15.7 Å². The average Bonchev–Trinajstić information content (AvgIpc) is 2.31. The monoisotopic (exact) mass is 288 g/mol. The van der Waals surface area contributed by atoms with Gasteiger partial charge < -0.3 is 10.8 Å². The van der Waals surface area contributed by atoms with E-state index >= 15 is 0 Å². The van der Waals surface area contributed by atoms with E-state index in [4.69, 9.17) is 5.73 Å². The number of nitrogen functional groups attached to an aromatic ring is 1. The number of nitrogens with two attached hydrogens (primary N) is 1. The number of rotatable bonds is 2. The fraction of sp³-hybridized carbons (Fsp3) is 0.500. The molecule has 0 bridgehead atoms. The van der Waals surface area contributed by atoms with Gasteiger partial charge in [-0.2, -0.15) is 4.31 Å². The maximum atomic E-state index is 13.2. The SMILES string of the molecule is CC1(O)CCCN(S(=O)(=O)c2cc(F)ccc2N)C1. The van der Waals surface area contributed by atoms with E-state index in [1.165, 1.54) is 6.07 Å². The summed E-state index contributed by atoms with van der Waals surface area (Å²) in [4.78, 5) is -0.245. The van der Waals surface area contributed by atoms with Gasteiger partial charge in [0, 0.05) is 13.1 Å². The lowest BCUT2D eigenvalue weighted by molar-refractivity contribution is 0.00941. The largest absolute Gasteiger partial charge is 0.398 e. The summed E-state index contributed by atoms with van der Waals surface area (Å²) >= 11 is 0. The zero-order valence-corrected chi connectivity index (χ0v) is 11.5. The first-order chi connectivity index (χ1) is 8.72. The van der Waals surface area contributed by atoms with Crippen LogP contribution in [0.1, 0.15) is 19.8 Å². The fourth-order valence-corrected chi connectivity index (χ4v) is 3.97. The van der Waals surface area contributed by atoms with Gasteiger partial charge >= 0.3 is 0 Å². The molecule has 5 nitrogen and oxygen atoms in total. The standard InChI is InChI=1S/C12H17FN2O3S/c1-12(16)5-2-6-15(8-12)19(17,18)11-7-9(13)3-4-10(11)14/h3-4,7,16H,2,5-6,8,14H2,1H3. The first kappa shape index (κ1) is 14.2. The van der Waals surface area contributed by atoms with Crippen LogP contribution in [-0.4, -0.2) is 36.5 Å². The molecule has 1 fully saturated rings. The lowest BCUT2D eigenvalue weighted by Gasteiger charge is -2.36. The Balaban J connectivity index is 2.39. The number of piperidine rings is 1. The summed E-state index contributed by atoms with van der Waals surface area (Å²) in [6.07, 6.45) is 1.10. The van der Waals surface area contributed by atoms with Gasteiger partial charge in [-0.25, -0.2) is 12.8 Å². The first-order valence-electron chi connectivity index (χ1n) is 6.00. The van der Waals surface area contributed by atoms with E-state index in [-0.39, 0.29) is 17.1 Å². The predicted octanol–water partition coefficient (Wildman–Crippen LogP) is 0.943. The summed E-state index contributed by atoms with van der Waals surface area (Å²) in [7, 11) is -3.88. The lowest BCUT2D eigenvalue weighted by Crippen LogP contribution is -2.48. The number of hydrogen-bond acceptors (Lipinski definition) is 4. The van der Waals surface area contributed by atoms with Gasteiger partial charge in [0.2, 0.25) is 10.0 Å². The van der Waals surface area contributed by atoms with Crippen molar-refractivity contribution in [1.82, 2.24) is 4.31 Å². The Kier molecular flexibility index (Phi) is 3.55. The van der Waals surface area contributed by atoms with E-state index in [9.17, 15) is 17.9 Å². The van der Waals surface area contributed by atoms with E-state index in [0.717, 1.165) is 16.4 Å². The highest BCUT2D eigenvalue weighted by Gasteiger charge is 2.36. The van der Waals surface area contributed by atoms with Crippen LogP contribution >= 0.6 is 0 Å². The van der Waals surface area contributed by atoms with Crippen molar-refractivity contribution in [3.63, 3.8) is 0 Å². The molecule has 1 aliphatic rings. The minimum absolute atomic E-state index is 0.00613. The van der Waals surface area contributed by atoms with E-state index in [2.05, 4.69) is 0 Å². The Hall–Kier alpha value is -1.18. The number of β-amino-alcohol motifs (C(OH)–C–C–N with tert-alkyl or cyclic N) is 1. The number of nitrogens with zero attached hydrogens (tertiary/aromatic N) is 1. The maximum absolute atomic E-state index is 13.2. The highest BCUT2D eigenvalue weighted by atomic mass is 32.2. The average molecular weight is 288 g/mol. The van der Waals surface area contributed by atoms with Crippen molar-refractivity contribution in [2.75, 3.05) is 18.8 Å². The summed E-state index contributed by atoms with van der Waals surface area (Å²) in [5.74, 6) is -0.656. The molecule has 1 atom stereocenters. The Morgan fingerprint density at radius 1 is 1.47 bits per heavy atom. The van der Waals surface area contributed by atoms with E-state index < -0.39 is 21.4 Å². The summed E-state index contributed by atoms with van der Waals surface area (Å²) in [6, 6.07) is 3.25. The third kappa shape index (κ3) is 2.88. The molecule has 0 aromatic heterocycles. The molecular weight excluding hydrogens is 271 g/mol. The molecule has 1 aliphatic heterocycles. The Morgan fingerprint density at radius 3 is 2.79 bits per heavy atom. The second-order valence-corrected chi connectivity index (χ2v) is 7.03. The van der Waals surface area contributed by atoms with Gasteiger partial charge in [0.25, 0.3) is 0 Å². The molecule has 0 aliphatic carbocycles. The van der Waals surface area contributed by atoms with Crippen LogP contribution in [0.2, 0.25) is 0 Å². The van der Waals surface area contributed by atoms with Gasteiger partial charge in [-0.1, -0.05) is 0 Å². The van der Waals surface area contributed by atoms with Crippen LogP contribution in [0.25, 0.3) is 0 Å². The minimum Gasteiger partial charge on any atom is -0.398 e. The third-order valence-electron chi connectivity index (χ3n) is 3.23. The summed E-state index contributed by atoms with van der Waals surface area (Å²) in [5, 5.41) is 9.97. The van der Waals surface area contributed by atoms with Crippen LogP contribution in [0.15, 0.2) is 23.1 Å². The molecule has 2 rings (SSSR count). The molecule has 7 heteroatoms. The third-order valence-corrected chi connectivity index (χ3v) is 5.13. The number of anilines is 1. The molecule has 1 aromatic carbocycles. The van der Waals surface area contributed by atoms with Crippen molar-refractivity contribution in [1.29, 1.82) is 0 Å². The molecular formula is C12H17FN2O3S. The van der Waals surface area contributed by atoms with Crippen LogP contribution in [0, 0.1) is 5.82 Å². The van der Waals surface area contributed by atoms with Gasteiger partial charge in [-0.05, 0) is 38.0 Å². The highest BCUT2D eigenvalue weighted by Crippen LogP contribution is 2.28. The van der Waals surface area contributed by atoms with Gasteiger partial charge in [0.1, 0.15) is 10.7 Å². The molecule has 1 saturated heterocycles. The van der Waals surface area contributed by atoms with Crippen molar-refractivity contribution in [3.8, 4) is 0 Å². The molecule has 106 valence electrons. The molecule has 1 aromatic rings. The minimum atomic E-state index is -3.88. The number of hydrogen-bond donors (Lipinski definition) is 2. The van der Waals surface area contributed by atoms with Crippen LogP contribution in [0.5, 0.6) is 0 Å². The van der Waals surface area contributed by atoms with Gasteiger partial charge in [-0.3, -0.25) is 0 Å². The smallest absolute Gasteiger partial charge is 0.245 e. The van der Waals surface area contributed by atoms with Crippen LogP contribution in [0.3, 0.4) is 0 Å². The number of sulfonamides is 1. The van der Waals surface area contributed by atoms with Crippen LogP contribution < -0.4 is 5.73 Å². The Morgan fingerprint density at radius 2 is 2.16 bits per heavy atom. The van der Waals surface area contributed by atoms with Crippen LogP contribution in [-0.2, 0) is 10.0 Å². The fourth-order valence-electron chi connectivity index (χ4n) is 2.25. The normalized spacial score (nSPS) is 25.4. The van der Waals surface area contributed by atoms with Crippen molar-refractivity contribution in [3.05, 3.63) is 24.0 Å². The zero-order chi connectivity index (χ0) is 14.3. The number of benzene rings is 1. The molecule has 3 N–H and O–H groups in total. The summed E-state index contributed by atoms with van der Waals surface area (Å²) in [5.41, 5.74) is 4.56. The molecule has 19 heavy (non-hydrogen) atoms. The van der Waals surface area contributed by atoms with Crippen molar-refractivity contribution in [2.24, 2.45) is 0 Å². The second kappa shape index (κ2) is 4.73. The topological polar surface area (TPSA) is 83.6 Å². The first-order valence-corrected chi connectivity index (χ1v) is 7.44. The lowest BCUT2D eigenvalue weighted by atomic mass is 9.97. The van der Waals surface area contributed by atoms with E-state index in [1.54, 1.807) is 6.92 Å². The quantitative estimate of drug-likeness (QED) is 0.793. The predicted molar refractivity (Wildman–Crippen MR) is 69.4 cm³/mol. The van der Waals surface area contributed by atoms with Gasteiger partial charge in [0.05, 0.1) is 11.3 Å². The Labute approximate surface area is 111 Å². The molecule has 1 unspecified atom stereocenters. The number of halogens is 1. The number of aliphatic hydroxyl groups is 1. The molecule has 0 spiro atoms. The molecule has 0 radical (unpaired) electrons. The zero-order valence-electron chi connectivity index (χ0n) is 10.6. The summed E-state index contributed by atoms with van der Waals surface area (Å²) in [6.45, 7) is 1.88. The summed E-state index contributed by atoms with van der Waals surface area (Å²) < 4.78 is 39.2. The molecule has 1 heterocycles. The molecule has 0 saturated carbocycles.